The van der Waals surface area contributed by atoms with Gasteiger partial charge in [0.25, 0.3) is 0 Å². The van der Waals surface area contributed by atoms with Crippen molar-refractivity contribution in [1.29, 1.82) is 5.26 Å². The SMILES string of the molecule is CCC(C)OC(=O)CC(C#N)(CC(=O)O)c1ccc(F)cc1F. The third kappa shape index (κ3) is 4.74. The Morgan fingerprint density at radius 3 is 2.52 bits per heavy atom. The lowest BCUT2D eigenvalue weighted by Crippen LogP contribution is -2.33. The number of ether oxygens (including phenoxy) is 1. The number of benzene rings is 1. The van der Waals surface area contributed by atoms with Gasteiger partial charge >= 0.3 is 11.9 Å². The Morgan fingerprint density at radius 1 is 1.39 bits per heavy atom. The molecule has 1 rings (SSSR count). The predicted molar refractivity (Wildman–Crippen MR) is 76.4 cm³/mol. The van der Waals surface area contributed by atoms with E-state index >= 15 is 0 Å². The fraction of sp³-hybridized carbons (Fsp3) is 0.438. The van der Waals surface area contributed by atoms with Crippen LogP contribution in [0.4, 0.5) is 8.78 Å². The van der Waals surface area contributed by atoms with Crippen molar-refractivity contribution in [2.75, 3.05) is 0 Å². The molecular weight excluding hydrogens is 308 g/mol. The fourth-order valence-electron chi connectivity index (χ4n) is 2.12. The molecule has 0 spiro atoms. The number of aliphatic carboxylic acids is 1. The topological polar surface area (TPSA) is 87.4 Å². The first-order chi connectivity index (χ1) is 10.7. The molecule has 5 nitrogen and oxygen atoms in total. The van der Waals surface area contributed by atoms with E-state index in [4.69, 9.17) is 9.84 Å². The predicted octanol–water partition coefficient (Wildman–Crippen LogP) is 2.93. The van der Waals surface area contributed by atoms with Crippen molar-refractivity contribution >= 4 is 11.9 Å². The first kappa shape index (κ1) is 18.6. The summed E-state index contributed by atoms with van der Waals surface area (Å²) in [6, 6.07) is 4.14. The van der Waals surface area contributed by atoms with Gasteiger partial charge in [-0.3, -0.25) is 9.59 Å². The van der Waals surface area contributed by atoms with E-state index in [9.17, 15) is 23.6 Å². The van der Waals surface area contributed by atoms with Gasteiger partial charge < -0.3 is 9.84 Å². The summed E-state index contributed by atoms with van der Waals surface area (Å²) in [7, 11) is 0. The molecule has 0 amide bonds. The maximum atomic E-state index is 14.0. The van der Waals surface area contributed by atoms with Gasteiger partial charge in [-0.15, -0.1) is 0 Å². The highest BCUT2D eigenvalue weighted by molar-refractivity contribution is 5.77. The quantitative estimate of drug-likeness (QED) is 0.779. The Labute approximate surface area is 132 Å². The molecule has 124 valence electrons. The highest BCUT2D eigenvalue weighted by Crippen LogP contribution is 2.34. The van der Waals surface area contributed by atoms with E-state index in [1.807, 2.05) is 0 Å². The average molecular weight is 325 g/mol. The second kappa shape index (κ2) is 7.68. The summed E-state index contributed by atoms with van der Waals surface area (Å²) in [5.41, 5.74) is -2.31. The third-order valence-corrected chi connectivity index (χ3v) is 3.47. The van der Waals surface area contributed by atoms with Gasteiger partial charge in [0, 0.05) is 11.6 Å². The summed E-state index contributed by atoms with van der Waals surface area (Å²) in [5, 5.41) is 18.5. The van der Waals surface area contributed by atoms with Crippen LogP contribution >= 0.6 is 0 Å². The Balaban J connectivity index is 3.24. The largest absolute Gasteiger partial charge is 0.481 e. The molecule has 2 atom stereocenters. The summed E-state index contributed by atoms with van der Waals surface area (Å²) >= 11 is 0. The lowest BCUT2D eigenvalue weighted by molar-refractivity contribution is -0.149. The van der Waals surface area contributed by atoms with Gasteiger partial charge in [0.05, 0.1) is 25.0 Å². The van der Waals surface area contributed by atoms with Gasteiger partial charge in [0.2, 0.25) is 0 Å². The summed E-state index contributed by atoms with van der Waals surface area (Å²) in [5.74, 6) is -4.14. The molecule has 1 aromatic rings. The van der Waals surface area contributed by atoms with E-state index in [1.54, 1.807) is 19.9 Å². The van der Waals surface area contributed by atoms with E-state index in [2.05, 4.69) is 0 Å². The zero-order chi connectivity index (χ0) is 17.6. The summed E-state index contributed by atoms with van der Waals surface area (Å²) < 4.78 is 32.1. The van der Waals surface area contributed by atoms with Crippen LogP contribution in [0.25, 0.3) is 0 Å². The molecule has 0 aliphatic carbocycles. The summed E-state index contributed by atoms with van der Waals surface area (Å²) in [4.78, 5) is 23.0. The Bertz CT molecular complexity index is 641. The molecule has 0 saturated heterocycles. The number of carboxylic acids is 1. The molecule has 0 saturated carbocycles. The molecule has 0 bridgehead atoms. The van der Waals surface area contributed by atoms with Gasteiger partial charge in [-0.2, -0.15) is 5.26 Å². The highest BCUT2D eigenvalue weighted by Gasteiger charge is 2.40. The van der Waals surface area contributed by atoms with E-state index < -0.39 is 47.9 Å². The van der Waals surface area contributed by atoms with Crippen LogP contribution in [0, 0.1) is 23.0 Å². The molecule has 1 aromatic carbocycles. The molecule has 0 aliphatic heterocycles. The smallest absolute Gasteiger partial charge is 0.308 e. The van der Waals surface area contributed by atoms with Crippen molar-refractivity contribution in [2.24, 2.45) is 0 Å². The molecule has 0 heterocycles. The van der Waals surface area contributed by atoms with Crippen molar-refractivity contribution in [1.82, 2.24) is 0 Å². The lowest BCUT2D eigenvalue weighted by Gasteiger charge is -2.25. The second-order valence-corrected chi connectivity index (χ2v) is 5.27. The number of rotatable bonds is 7. The van der Waals surface area contributed by atoms with Crippen molar-refractivity contribution < 1.29 is 28.2 Å². The molecule has 0 radical (unpaired) electrons. The van der Waals surface area contributed by atoms with Crippen LogP contribution in [0.2, 0.25) is 0 Å². The molecule has 1 N–H and O–H groups in total. The van der Waals surface area contributed by atoms with Crippen molar-refractivity contribution in [3.05, 3.63) is 35.4 Å². The Kier molecular flexibility index (Phi) is 6.19. The summed E-state index contributed by atoms with van der Waals surface area (Å²) in [6.07, 6.45) is -1.32. The molecule has 0 fully saturated rings. The second-order valence-electron chi connectivity index (χ2n) is 5.27. The van der Waals surface area contributed by atoms with E-state index in [1.165, 1.54) is 0 Å². The number of halogens is 2. The van der Waals surface area contributed by atoms with Crippen LogP contribution < -0.4 is 0 Å². The lowest BCUT2D eigenvalue weighted by atomic mass is 9.76. The highest BCUT2D eigenvalue weighted by atomic mass is 19.1. The van der Waals surface area contributed by atoms with Gasteiger partial charge in [-0.25, -0.2) is 8.78 Å². The Morgan fingerprint density at radius 2 is 2.04 bits per heavy atom. The maximum Gasteiger partial charge on any atom is 0.308 e. The van der Waals surface area contributed by atoms with Crippen molar-refractivity contribution in [3.63, 3.8) is 0 Å². The third-order valence-electron chi connectivity index (χ3n) is 3.47. The van der Waals surface area contributed by atoms with E-state index in [0.717, 1.165) is 12.1 Å². The van der Waals surface area contributed by atoms with Crippen molar-refractivity contribution in [2.45, 2.75) is 44.6 Å². The van der Waals surface area contributed by atoms with Crippen molar-refractivity contribution in [3.8, 4) is 6.07 Å². The minimum absolute atomic E-state index is 0.343. The molecule has 23 heavy (non-hydrogen) atoms. The zero-order valence-electron chi connectivity index (χ0n) is 12.8. The minimum Gasteiger partial charge on any atom is -0.481 e. The average Bonchev–Trinajstić information content (AvgIpc) is 2.45. The normalized spacial score (nSPS) is 14.4. The zero-order valence-corrected chi connectivity index (χ0v) is 12.8. The molecule has 0 aliphatic rings. The molecular formula is C16H17F2NO4. The van der Waals surface area contributed by atoms with Gasteiger partial charge in [0.1, 0.15) is 17.0 Å². The van der Waals surface area contributed by atoms with Crippen LogP contribution in [0.5, 0.6) is 0 Å². The number of nitriles is 1. The van der Waals surface area contributed by atoms with Gasteiger partial charge in [0.15, 0.2) is 0 Å². The van der Waals surface area contributed by atoms with Gasteiger partial charge in [-0.1, -0.05) is 13.0 Å². The molecule has 7 heteroatoms. The molecule has 2 unspecified atom stereocenters. The number of hydrogen-bond donors (Lipinski definition) is 1. The van der Waals surface area contributed by atoms with E-state index in [-0.39, 0.29) is 5.56 Å². The number of carbonyl (C=O) groups is 2. The fourth-order valence-corrected chi connectivity index (χ4v) is 2.12. The van der Waals surface area contributed by atoms with Crippen LogP contribution in [0.3, 0.4) is 0 Å². The molecule has 0 aromatic heterocycles. The minimum atomic E-state index is -1.96. The Hall–Kier alpha value is -2.49. The maximum absolute atomic E-state index is 14.0. The van der Waals surface area contributed by atoms with Crippen LogP contribution in [-0.2, 0) is 19.7 Å². The number of esters is 1. The van der Waals surface area contributed by atoms with Crippen LogP contribution in [-0.4, -0.2) is 23.1 Å². The number of hydrogen-bond acceptors (Lipinski definition) is 4. The first-order valence-corrected chi connectivity index (χ1v) is 7.02. The number of carboxylic acid groups (broad SMARTS) is 1. The monoisotopic (exact) mass is 325 g/mol. The first-order valence-electron chi connectivity index (χ1n) is 7.02. The summed E-state index contributed by atoms with van der Waals surface area (Å²) in [6.45, 7) is 3.42. The van der Waals surface area contributed by atoms with E-state index in [0.29, 0.717) is 12.5 Å². The van der Waals surface area contributed by atoms with Crippen LogP contribution in [0.1, 0.15) is 38.7 Å². The number of carbonyl (C=O) groups excluding carboxylic acids is 1. The standard InChI is InChI=1S/C16H17F2NO4/c1-3-10(2)23-15(22)8-16(9-19,7-14(20)21)12-5-4-11(17)6-13(12)18/h4-6,10H,3,7-8H2,1-2H3,(H,20,21). The van der Waals surface area contributed by atoms with Gasteiger partial charge in [-0.05, 0) is 19.4 Å². The van der Waals surface area contributed by atoms with Crippen LogP contribution in [0.15, 0.2) is 18.2 Å². The number of nitrogens with zero attached hydrogens (tertiary/aromatic N) is 1.